The lowest BCUT2D eigenvalue weighted by atomic mass is 9.98. The number of halogens is 5. The van der Waals surface area contributed by atoms with Crippen LogP contribution in [0.15, 0.2) is 45.8 Å². The summed E-state index contributed by atoms with van der Waals surface area (Å²) in [5.41, 5.74) is -1.61. The normalized spacial score (nSPS) is 12.0. The van der Waals surface area contributed by atoms with Crippen molar-refractivity contribution in [3.8, 4) is 28.5 Å². The summed E-state index contributed by atoms with van der Waals surface area (Å²) in [7, 11) is -4.80. The van der Waals surface area contributed by atoms with Gasteiger partial charge in [0.15, 0.2) is 4.90 Å². The van der Waals surface area contributed by atoms with Gasteiger partial charge < -0.3 is 4.52 Å². The van der Waals surface area contributed by atoms with Crippen LogP contribution in [-0.4, -0.2) is 13.6 Å². The minimum absolute atomic E-state index is 0.0644. The maximum Gasteiger partial charge on any atom is 0.453 e. The van der Waals surface area contributed by atoms with Gasteiger partial charge in [-0.15, -0.1) is 0 Å². The van der Waals surface area contributed by atoms with Crippen molar-refractivity contribution in [3.63, 3.8) is 0 Å². The molecule has 3 rings (SSSR count). The Kier molecular flexibility index (Phi) is 4.89. The van der Waals surface area contributed by atoms with Gasteiger partial charge in [-0.3, -0.25) is 0 Å². The van der Waals surface area contributed by atoms with Gasteiger partial charge in [-0.1, -0.05) is 17.3 Å². The summed E-state index contributed by atoms with van der Waals surface area (Å²) in [6.07, 6.45) is -5.07. The van der Waals surface area contributed by atoms with Gasteiger partial charge >= 0.3 is 6.18 Å². The molecule has 3 aromatic rings. The molecular weight excluding hydrogens is 421 g/mol. The summed E-state index contributed by atoms with van der Waals surface area (Å²) < 4.78 is 95.5. The molecule has 12 heteroatoms. The van der Waals surface area contributed by atoms with Gasteiger partial charge in [0, 0.05) is 5.56 Å². The number of nitriles is 1. The van der Waals surface area contributed by atoms with E-state index >= 15 is 0 Å². The monoisotopic (exact) mass is 429 g/mol. The second kappa shape index (κ2) is 6.94. The maximum atomic E-state index is 14.2. The summed E-state index contributed by atoms with van der Waals surface area (Å²) in [6.45, 7) is 0. The largest absolute Gasteiger partial charge is 0.453 e. The van der Waals surface area contributed by atoms with Crippen LogP contribution in [0.5, 0.6) is 0 Å². The Morgan fingerprint density at radius 3 is 2.03 bits per heavy atom. The number of nitrogens with zero attached hydrogens (tertiary/aromatic N) is 2. The molecule has 0 spiro atoms. The molecular formula is C17H8F5N3O3S. The molecule has 1 heterocycles. The van der Waals surface area contributed by atoms with Crippen LogP contribution in [0.3, 0.4) is 0 Å². The second-order valence-electron chi connectivity index (χ2n) is 5.74. The molecule has 0 fully saturated rings. The molecule has 2 N–H and O–H groups in total. The molecule has 0 unspecified atom stereocenters. The fourth-order valence-corrected chi connectivity index (χ4v) is 3.29. The van der Waals surface area contributed by atoms with Crippen molar-refractivity contribution in [1.82, 2.24) is 5.16 Å². The summed E-state index contributed by atoms with van der Waals surface area (Å²) in [6, 6.07) is 7.73. The zero-order valence-corrected chi connectivity index (χ0v) is 14.8. The maximum absolute atomic E-state index is 14.2. The van der Waals surface area contributed by atoms with E-state index in [-0.39, 0.29) is 11.1 Å². The van der Waals surface area contributed by atoms with Crippen molar-refractivity contribution in [2.75, 3.05) is 0 Å². The molecule has 0 saturated heterocycles. The van der Waals surface area contributed by atoms with E-state index < -0.39 is 55.3 Å². The minimum atomic E-state index is -5.07. The number of benzene rings is 2. The summed E-state index contributed by atoms with van der Waals surface area (Å²) in [4.78, 5) is -1.48. The van der Waals surface area contributed by atoms with Gasteiger partial charge in [0.1, 0.15) is 17.3 Å². The van der Waals surface area contributed by atoms with Crippen molar-refractivity contribution < 1.29 is 34.9 Å². The molecule has 6 nitrogen and oxygen atoms in total. The first-order valence-corrected chi connectivity index (χ1v) is 9.07. The van der Waals surface area contributed by atoms with E-state index in [9.17, 15) is 30.4 Å². The molecule has 0 saturated carbocycles. The van der Waals surface area contributed by atoms with Gasteiger partial charge in [-0.2, -0.15) is 18.4 Å². The van der Waals surface area contributed by atoms with Crippen molar-refractivity contribution in [1.29, 1.82) is 5.26 Å². The summed E-state index contributed by atoms with van der Waals surface area (Å²) >= 11 is 0. The first-order valence-electron chi connectivity index (χ1n) is 7.53. The van der Waals surface area contributed by atoms with Gasteiger partial charge in [-0.05, 0) is 29.8 Å². The standard InChI is InChI=1S/C17H8F5N3O3S/c18-11-5-10(6-12(19)15(11)29(24,26)27)13-14(25-28-16(13)17(20,21)22)9-3-1-8(7-23)2-4-9/h1-6H,(H2,24,26,27). The number of hydrogen-bond donors (Lipinski definition) is 1. The number of rotatable bonds is 3. The van der Waals surface area contributed by atoms with E-state index in [0.717, 1.165) is 0 Å². The van der Waals surface area contributed by atoms with Crippen LogP contribution in [0.2, 0.25) is 0 Å². The fourth-order valence-electron chi connectivity index (χ4n) is 2.63. The van der Waals surface area contributed by atoms with Crippen LogP contribution >= 0.6 is 0 Å². The van der Waals surface area contributed by atoms with Crippen LogP contribution in [0, 0.1) is 23.0 Å². The van der Waals surface area contributed by atoms with E-state index in [1.807, 2.05) is 6.07 Å². The van der Waals surface area contributed by atoms with Crippen LogP contribution in [0.1, 0.15) is 11.3 Å². The smallest absolute Gasteiger partial charge is 0.350 e. The number of primary sulfonamides is 1. The highest BCUT2D eigenvalue weighted by molar-refractivity contribution is 7.89. The highest BCUT2D eigenvalue weighted by Crippen LogP contribution is 2.43. The number of aromatic nitrogens is 1. The molecule has 0 amide bonds. The van der Waals surface area contributed by atoms with E-state index in [1.54, 1.807) is 0 Å². The third-order valence-corrected chi connectivity index (χ3v) is 4.77. The van der Waals surface area contributed by atoms with Gasteiger partial charge in [-0.25, -0.2) is 22.3 Å². The Hall–Kier alpha value is -3.30. The quantitative estimate of drug-likeness (QED) is 0.637. The SMILES string of the molecule is N#Cc1ccc(-c2noc(C(F)(F)F)c2-c2cc(F)c(S(N)(=O)=O)c(F)c2)cc1. The van der Waals surface area contributed by atoms with E-state index in [0.29, 0.717) is 12.1 Å². The van der Waals surface area contributed by atoms with E-state index in [1.165, 1.54) is 24.3 Å². The second-order valence-corrected chi connectivity index (χ2v) is 7.23. The topological polar surface area (TPSA) is 110 Å². The number of alkyl halides is 3. The molecule has 0 bridgehead atoms. The Morgan fingerprint density at radius 1 is 1.03 bits per heavy atom. The Balaban J connectivity index is 2.31. The van der Waals surface area contributed by atoms with Crippen molar-refractivity contribution in [2.45, 2.75) is 11.1 Å². The van der Waals surface area contributed by atoms with Crippen LogP contribution in [-0.2, 0) is 16.2 Å². The molecule has 0 aliphatic rings. The molecule has 0 atom stereocenters. The molecule has 29 heavy (non-hydrogen) atoms. The van der Waals surface area contributed by atoms with Crippen LogP contribution in [0.25, 0.3) is 22.4 Å². The van der Waals surface area contributed by atoms with E-state index in [2.05, 4.69) is 9.68 Å². The number of hydrogen-bond acceptors (Lipinski definition) is 5. The predicted octanol–water partition coefficient (Wildman–Crippen LogP) is 3.82. The zero-order chi connectivity index (χ0) is 21.6. The molecule has 2 aromatic carbocycles. The lowest BCUT2D eigenvalue weighted by Crippen LogP contribution is -2.16. The Bertz CT molecular complexity index is 1220. The first-order chi connectivity index (χ1) is 13.4. The minimum Gasteiger partial charge on any atom is -0.350 e. The van der Waals surface area contributed by atoms with Gasteiger partial charge in [0.25, 0.3) is 0 Å². The third-order valence-electron chi connectivity index (χ3n) is 3.81. The van der Waals surface area contributed by atoms with Crippen molar-refractivity contribution in [2.24, 2.45) is 5.14 Å². The zero-order valence-electron chi connectivity index (χ0n) is 14.0. The number of nitrogens with two attached hydrogens (primary N) is 1. The number of sulfonamides is 1. The molecule has 1 aromatic heterocycles. The first kappa shape index (κ1) is 20.4. The average Bonchev–Trinajstić information content (AvgIpc) is 3.05. The van der Waals surface area contributed by atoms with Crippen molar-refractivity contribution >= 4 is 10.0 Å². The molecule has 0 radical (unpaired) electrons. The lowest BCUT2D eigenvalue weighted by molar-refractivity contribution is -0.154. The van der Waals surface area contributed by atoms with E-state index in [4.69, 9.17) is 10.4 Å². The molecule has 0 aliphatic heterocycles. The summed E-state index contributed by atoms with van der Waals surface area (Å²) in [5, 5.41) is 16.9. The third kappa shape index (κ3) is 3.82. The highest BCUT2D eigenvalue weighted by atomic mass is 32.2. The lowest BCUT2D eigenvalue weighted by Gasteiger charge is -2.10. The average molecular weight is 429 g/mol. The summed E-state index contributed by atoms with van der Waals surface area (Å²) in [5.74, 6) is -5.00. The predicted molar refractivity (Wildman–Crippen MR) is 88.4 cm³/mol. The Morgan fingerprint density at radius 2 is 1.59 bits per heavy atom. The van der Waals surface area contributed by atoms with Crippen LogP contribution < -0.4 is 5.14 Å². The Labute approximate surface area is 160 Å². The fraction of sp³-hybridized carbons (Fsp3) is 0.0588. The molecule has 150 valence electrons. The highest BCUT2D eigenvalue weighted by Gasteiger charge is 2.41. The molecule has 0 aliphatic carbocycles. The van der Waals surface area contributed by atoms with Crippen LogP contribution in [0.4, 0.5) is 22.0 Å². The van der Waals surface area contributed by atoms with Crippen molar-refractivity contribution in [3.05, 3.63) is 59.4 Å². The van der Waals surface area contributed by atoms with Gasteiger partial charge in [0.05, 0.1) is 17.2 Å². The van der Waals surface area contributed by atoms with Gasteiger partial charge in [0.2, 0.25) is 15.8 Å².